The quantitative estimate of drug-likeness (QED) is 0.665. The Labute approximate surface area is 140 Å². The minimum atomic E-state index is -0.685. The summed E-state index contributed by atoms with van der Waals surface area (Å²) in [7, 11) is 1.55. The van der Waals surface area contributed by atoms with Gasteiger partial charge in [-0.25, -0.2) is 0 Å². The lowest BCUT2D eigenvalue weighted by Crippen LogP contribution is -2.45. The van der Waals surface area contributed by atoms with Crippen LogP contribution in [0.15, 0.2) is 24.3 Å². The molecule has 1 aliphatic rings. The smallest absolute Gasteiger partial charge is 0.313 e. The van der Waals surface area contributed by atoms with Gasteiger partial charge in [-0.1, -0.05) is 0 Å². The van der Waals surface area contributed by atoms with Crippen molar-refractivity contribution in [2.45, 2.75) is 19.8 Å². The van der Waals surface area contributed by atoms with Crippen LogP contribution in [0, 0.1) is 5.92 Å². The molecule has 0 aromatic heterocycles. The number of carbonyl (C=O) groups is 3. The molecule has 1 aliphatic heterocycles. The van der Waals surface area contributed by atoms with Crippen molar-refractivity contribution in [3.63, 3.8) is 0 Å². The molecular weight excluding hydrogens is 312 g/mol. The number of amides is 2. The lowest BCUT2D eigenvalue weighted by atomic mass is 9.97. The van der Waals surface area contributed by atoms with E-state index in [4.69, 9.17) is 9.47 Å². The van der Waals surface area contributed by atoms with Gasteiger partial charge in [-0.2, -0.15) is 0 Å². The van der Waals surface area contributed by atoms with Crippen molar-refractivity contribution in [3.05, 3.63) is 24.3 Å². The Balaban J connectivity index is 1.85. The number of hydrogen-bond acceptors (Lipinski definition) is 5. The molecule has 1 aromatic carbocycles. The van der Waals surface area contributed by atoms with E-state index in [-0.39, 0.29) is 11.9 Å². The van der Waals surface area contributed by atoms with E-state index >= 15 is 0 Å². The van der Waals surface area contributed by atoms with Crippen LogP contribution in [0.1, 0.15) is 19.8 Å². The molecule has 24 heavy (non-hydrogen) atoms. The fourth-order valence-corrected chi connectivity index (χ4v) is 2.58. The molecule has 1 heterocycles. The fraction of sp³-hybridized carbons (Fsp3) is 0.471. The molecule has 2 rings (SSSR count). The second kappa shape index (κ2) is 8.33. The number of likely N-dealkylation sites (tertiary alicyclic amines) is 1. The number of piperidine rings is 1. The van der Waals surface area contributed by atoms with Crippen LogP contribution in [0.5, 0.6) is 5.75 Å². The third-order valence-electron chi connectivity index (χ3n) is 3.94. The minimum absolute atomic E-state index is 0.196. The number of benzene rings is 1. The molecule has 0 unspecified atom stereocenters. The summed E-state index contributed by atoms with van der Waals surface area (Å²) in [4.78, 5) is 37.4. The highest BCUT2D eigenvalue weighted by Gasteiger charge is 2.30. The van der Waals surface area contributed by atoms with Crippen molar-refractivity contribution < 1.29 is 23.9 Å². The Kier molecular flexibility index (Phi) is 6.17. The number of anilines is 1. The monoisotopic (exact) mass is 334 g/mol. The predicted octanol–water partition coefficient (Wildman–Crippen LogP) is 1.44. The Morgan fingerprint density at radius 3 is 2.33 bits per heavy atom. The Hall–Kier alpha value is -2.57. The van der Waals surface area contributed by atoms with Gasteiger partial charge in [0.05, 0.1) is 19.6 Å². The van der Waals surface area contributed by atoms with Crippen LogP contribution in [-0.2, 0) is 19.1 Å². The summed E-state index contributed by atoms with van der Waals surface area (Å²) in [5.74, 6) is -1.03. The Morgan fingerprint density at radius 2 is 1.79 bits per heavy atom. The van der Waals surface area contributed by atoms with Crippen LogP contribution in [0.4, 0.5) is 5.69 Å². The van der Waals surface area contributed by atoms with Gasteiger partial charge in [0.1, 0.15) is 5.75 Å². The van der Waals surface area contributed by atoms with Gasteiger partial charge < -0.3 is 19.7 Å². The molecule has 0 saturated carbocycles. The van der Waals surface area contributed by atoms with Crippen LogP contribution in [0.25, 0.3) is 0 Å². The van der Waals surface area contributed by atoms with Gasteiger partial charge in [0, 0.05) is 18.8 Å². The molecule has 0 aliphatic carbocycles. The molecule has 0 spiro atoms. The number of hydrogen-bond donors (Lipinski definition) is 1. The summed E-state index contributed by atoms with van der Waals surface area (Å²) in [5.41, 5.74) is 0.524. The molecule has 1 N–H and O–H groups in total. The first-order valence-corrected chi connectivity index (χ1v) is 7.96. The third kappa shape index (κ3) is 4.47. The second-order valence-corrected chi connectivity index (χ2v) is 5.50. The van der Waals surface area contributed by atoms with Gasteiger partial charge in [0.15, 0.2) is 0 Å². The van der Waals surface area contributed by atoms with Crippen LogP contribution >= 0.6 is 0 Å². The first-order chi connectivity index (χ1) is 11.5. The van der Waals surface area contributed by atoms with Crippen LogP contribution in [0.3, 0.4) is 0 Å². The van der Waals surface area contributed by atoms with E-state index in [9.17, 15) is 14.4 Å². The molecule has 0 radical (unpaired) electrons. The van der Waals surface area contributed by atoms with Gasteiger partial charge in [0.25, 0.3) is 0 Å². The van der Waals surface area contributed by atoms with E-state index in [1.807, 2.05) is 0 Å². The van der Waals surface area contributed by atoms with Crippen molar-refractivity contribution in [1.82, 2.24) is 4.90 Å². The van der Waals surface area contributed by atoms with Gasteiger partial charge in [-0.3, -0.25) is 14.4 Å². The molecule has 0 atom stereocenters. The molecule has 1 aromatic rings. The van der Waals surface area contributed by atoms with E-state index in [1.165, 1.54) is 4.90 Å². The maximum absolute atomic E-state index is 12.2. The van der Waals surface area contributed by atoms with E-state index in [0.717, 1.165) is 0 Å². The molecule has 1 fully saturated rings. The molecule has 2 amide bonds. The van der Waals surface area contributed by atoms with E-state index in [1.54, 1.807) is 38.3 Å². The highest BCUT2D eigenvalue weighted by Crippen LogP contribution is 2.19. The van der Waals surface area contributed by atoms with Gasteiger partial charge in [-0.05, 0) is 44.0 Å². The first-order valence-electron chi connectivity index (χ1n) is 7.96. The minimum Gasteiger partial charge on any atom is -0.497 e. The van der Waals surface area contributed by atoms with Crippen LogP contribution < -0.4 is 10.1 Å². The van der Waals surface area contributed by atoms with Gasteiger partial charge in [-0.15, -0.1) is 0 Å². The maximum atomic E-state index is 12.2. The number of carbonyl (C=O) groups excluding carboxylic acids is 3. The summed E-state index contributed by atoms with van der Waals surface area (Å²) in [6.07, 6.45) is 1.03. The standard InChI is InChI=1S/C17H22N2O5/c1-3-24-17(22)12-8-10-19(11-9-12)16(21)15(20)18-13-4-6-14(23-2)7-5-13/h4-7,12H,3,8-11H2,1-2H3,(H,18,20). The number of ether oxygens (including phenoxy) is 2. The highest BCUT2D eigenvalue weighted by atomic mass is 16.5. The predicted molar refractivity (Wildman–Crippen MR) is 87.6 cm³/mol. The molecule has 7 heteroatoms. The van der Waals surface area contributed by atoms with E-state index in [2.05, 4.69) is 5.32 Å². The third-order valence-corrected chi connectivity index (χ3v) is 3.94. The lowest BCUT2D eigenvalue weighted by molar-refractivity contribution is -0.152. The average molecular weight is 334 g/mol. The van der Waals surface area contributed by atoms with Gasteiger partial charge in [0.2, 0.25) is 0 Å². The van der Waals surface area contributed by atoms with Crippen molar-refractivity contribution >= 4 is 23.5 Å². The summed E-state index contributed by atoms with van der Waals surface area (Å²) in [6, 6.07) is 6.73. The fourth-order valence-electron chi connectivity index (χ4n) is 2.58. The summed E-state index contributed by atoms with van der Waals surface area (Å²) < 4.78 is 10.0. The van der Waals surface area contributed by atoms with Crippen LogP contribution in [0.2, 0.25) is 0 Å². The number of nitrogens with zero attached hydrogens (tertiary/aromatic N) is 1. The second-order valence-electron chi connectivity index (χ2n) is 5.50. The average Bonchev–Trinajstić information content (AvgIpc) is 2.62. The van der Waals surface area contributed by atoms with Crippen molar-refractivity contribution in [2.75, 3.05) is 32.1 Å². The Morgan fingerprint density at radius 1 is 1.17 bits per heavy atom. The lowest BCUT2D eigenvalue weighted by Gasteiger charge is -2.30. The molecule has 0 bridgehead atoms. The van der Waals surface area contributed by atoms with Crippen LogP contribution in [-0.4, -0.2) is 49.5 Å². The zero-order chi connectivity index (χ0) is 17.5. The van der Waals surface area contributed by atoms with Crippen molar-refractivity contribution in [3.8, 4) is 5.75 Å². The van der Waals surface area contributed by atoms with E-state index in [0.29, 0.717) is 44.0 Å². The summed E-state index contributed by atoms with van der Waals surface area (Å²) >= 11 is 0. The van der Waals surface area contributed by atoms with Crippen molar-refractivity contribution in [1.29, 1.82) is 0 Å². The molecule has 130 valence electrons. The Bertz CT molecular complexity index is 592. The van der Waals surface area contributed by atoms with Gasteiger partial charge >= 0.3 is 17.8 Å². The number of rotatable bonds is 4. The number of nitrogens with one attached hydrogen (secondary N) is 1. The maximum Gasteiger partial charge on any atom is 0.313 e. The first kappa shape index (κ1) is 17.8. The molecular formula is C17H22N2O5. The molecule has 7 nitrogen and oxygen atoms in total. The zero-order valence-corrected chi connectivity index (χ0v) is 13.9. The largest absolute Gasteiger partial charge is 0.497 e. The highest BCUT2D eigenvalue weighted by molar-refractivity contribution is 6.39. The van der Waals surface area contributed by atoms with E-state index < -0.39 is 11.8 Å². The molecule has 1 saturated heterocycles. The van der Waals surface area contributed by atoms with Crippen molar-refractivity contribution in [2.24, 2.45) is 5.92 Å². The topological polar surface area (TPSA) is 84.9 Å². The summed E-state index contributed by atoms with van der Waals surface area (Å²) in [5, 5.41) is 2.57. The number of esters is 1. The normalized spacial score (nSPS) is 14.8. The SMILES string of the molecule is CCOC(=O)C1CCN(C(=O)C(=O)Nc2ccc(OC)cc2)CC1. The number of methoxy groups -OCH3 is 1. The zero-order valence-electron chi connectivity index (χ0n) is 13.9. The summed E-state index contributed by atoms with van der Waals surface area (Å²) in [6.45, 7) is 2.86.